The Balaban J connectivity index is 2.40. The normalized spacial score (nSPS) is 14.3. The number of fused-ring (bicyclic) bond motifs is 1. The number of hydrogen-bond donors (Lipinski definition) is 2. The topological polar surface area (TPSA) is 60.8 Å². The van der Waals surface area contributed by atoms with Crippen LogP contribution in [0.2, 0.25) is 0 Å². The van der Waals surface area contributed by atoms with Crippen LogP contribution in [0.3, 0.4) is 0 Å². The van der Waals surface area contributed by atoms with Gasteiger partial charge in [0.2, 0.25) is 0 Å². The van der Waals surface area contributed by atoms with Gasteiger partial charge in [-0.2, -0.15) is 0 Å². The van der Waals surface area contributed by atoms with Gasteiger partial charge in [-0.05, 0) is 24.0 Å². The van der Waals surface area contributed by atoms with Gasteiger partial charge in [0, 0.05) is 18.7 Å². The molecule has 1 heterocycles. The van der Waals surface area contributed by atoms with Crippen molar-refractivity contribution < 1.29 is 14.8 Å². The highest BCUT2D eigenvalue weighted by molar-refractivity contribution is 6.58. The highest BCUT2D eigenvalue weighted by Crippen LogP contribution is 2.20. The molecule has 0 atom stereocenters. The molecule has 0 aromatic heterocycles. The summed E-state index contributed by atoms with van der Waals surface area (Å²) >= 11 is 0. The van der Waals surface area contributed by atoms with Crippen LogP contribution < -0.4 is 5.46 Å². The molecule has 1 aliphatic rings. The van der Waals surface area contributed by atoms with Crippen molar-refractivity contribution in [1.29, 1.82) is 0 Å². The second-order valence-corrected chi connectivity index (χ2v) is 3.61. The Bertz CT molecular complexity index is 406. The lowest BCUT2D eigenvalue weighted by atomic mass is 9.79. The predicted molar refractivity (Wildman–Crippen MR) is 56.7 cm³/mol. The van der Waals surface area contributed by atoms with Crippen molar-refractivity contribution in [3.8, 4) is 0 Å². The van der Waals surface area contributed by atoms with Crippen molar-refractivity contribution >= 4 is 18.5 Å². The average Bonchev–Trinajstić information content (AvgIpc) is 2.55. The number of hydrogen-bond acceptors (Lipinski definition) is 3. The zero-order chi connectivity index (χ0) is 11.0. The number of rotatable bonds is 2. The largest absolute Gasteiger partial charge is 0.488 e. The van der Waals surface area contributed by atoms with E-state index in [0.717, 1.165) is 5.56 Å². The summed E-state index contributed by atoms with van der Waals surface area (Å²) in [5, 5.41) is 18.0. The molecular weight excluding hydrogens is 193 g/mol. The molecule has 1 aliphatic heterocycles. The Kier molecular flexibility index (Phi) is 2.50. The summed E-state index contributed by atoms with van der Waals surface area (Å²) in [6.07, 6.45) is 0. The Morgan fingerprint density at radius 2 is 2.20 bits per heavy atom. The van der Waals surface area contributed by atoms with E-state index < -0.39 is 7.12 Å². The molecule has 0 spiro atoms. The summed E-state index contributed by atoms with van der Waals surface area (Å²) in [6, 6.07) is 4.96. The van der Waals surface area contributed by atoms with Crippen LogP contribution in [0.1, 0.15) is 22.8 Å². The van der Waals surface area contributed by atoms with Crippen molar-refractivity contribution in [1.82, 2.24) is 4.90 Å². The average molecular weight is 205 g/mol. The van der Waals surface area contributed by atoms with E-state index in [0.29, 0.717) is 24.1 Å². The van der Waals surface area contributed by atoms with Gasteiger partial charge in [0.15, 0.2) is 0 Å². The first-order valence-electron chi connectivity index (χ1n) is 4.91. The van der Waals surface area contributed by atoms with Crippen LogP contribution >= 0.6 is 0 Å². The van der Waals surface area contributed by atoms with E-state index in [4.69, 9.17) is 10.0 Å². The third kappa shape index (κ3) is 1.64. The van der Waals surface area contributed by atoms with E-state index in [1.54, 1.807) is 23.1 Å². The van der Waals surface area contributed by atoms with E-state index in [1.807, 2.05) is 6.92 Å². The molecule has 0 radical (unpaired) electrons. The summed E-state index contributed by atoms with van der Waals surface area (Å²) in [6.45, 7) is 3.21. The first-order valence-corrected chi connectivity index (χ1v) is 4.91. The molecule has 1 aromatic carbocycles. The van der Waals surface area contributed by atoms with Gasteiger partial charge in [-0.1, -0.05) is 12.1 Å². The van der Waals surface area contributed by atoms with Crippen LogP contribution in [0, 0.1) is 0 Å². The molecule has 78 valence electrons. The fourth-order valence-corrected chi connectivity index (χ4v) is 1.79. The highest BCUT2D eigenvalue weighted by Gasteiger charge is 2.27. The summed E-state index contributed by atoms with van der Waals surface area (Å²) in [5.74, 6) is -0.0324. The van der Waals surface area contributed by atoms with Crippen LogP contribution in [-0.4, -0.2) is 34.5 Å². The van der Waals surface area contributed by atoms with Crippen molar-refractivity contribution in [3.05, 3.63) is 29.3 Å². The standard InChI is InChI=1S/C10H12BNO3/c1-2-12-6-7-3-4-8(11(14)15)5-9(7)10(12)13/h3-5,14-15H,2,6H2,1H3. The Morgan fingerprint density at radius 1 is 1.47 bits per heavy atom. The molecule has 0 saturated carbocycles. The SMILES string of the molecule is CCN1Cc2ccc(B(O)O)cc2C1=O. The van der Waals surface area contributed by atoms with Gasteiger partial charge in [0.25, 0.3) is 5.91 Å². The summed E-state index contributed by atoms with van der Waals surface area (Å²) in [7, 11) is -1.52. The van der Waals surface area contributed by atoms with E-state index in [1.165, 1.54) is 0 Å². The summed E-state index contributed by atoms with van der Waals surface area (Å²) < 4.78 is 0. The molecule has 2 rings (SSSR count). The zero-order valence-corrected chi connectivity index (χ0v) is 8.47. The van der Waals surface area contributed by atoms with Gasteiger partial charge in [0.1, 0.15) is 0 Å². The van der Waals surface area contributed by atoms with Gasteiger partial charge in [0.05, 0.1) is 0 Å². The van der Waals surface area contributed by atoms with E-state index in [-0.39, 0.29) is 5.91 Å². The summed E-state index contributed by atoms with van der Waals surface area (Å²) in [5.41, 5.74) is 1.90. The minimum atomic E-state index is -1.52. The molecule has 0 fully saturated rings. The van der Waals surface area contributed by atoms with Crippen LogP contribution in [0.4, 0.5) is 0 Å². The van der Waals surface area contributed by atoms with Crippen molar-refractivity contribution in [2.75, 3.05) is 6.54 Å². The minimum Gasteiger partial charge on any atom is -0.423 e. The van der Waals surface area contributed by atoms with Crippen LogP contribution in [0.5, 0.6) is 0 Å². The van der Waals surface area contributed by atoms with E-state index in [2.05, 4.69) is 0 Å². The molecule has 5 heteroatoms. The number of benzene rings is 1. The Hall–Kier alpha value is -1.33. The van der Waals surface area contributed by atoms with Crippen LogP contribution in [0.25, 0.3) is 0 Å². The lowest BCUT2D eigenvalue weighted by Gasteiger charge is -2.10. The number of amides is 1. The maximum Gasteiger partial charge on any atom is 0.488 e. The Labute approximate surface area is 88.3 Å². The first kappa shape index (κ1) is 10.2. The van der Waals surface area contributed by atoms with Gasteiger partial charge >= 0.3 is 7.12 Å². The van der Waals surface area contributed by atoms with Crippen molar-refractivity contribution in [2.45, 2.75) is 13.5 Å². The molecule has 1 aromatic rings. The summed E-state index contributed by atoms with van der Waals surface area (Å²) in [4.78, 5) is 13.5. The van der Waals surface area contributed by atoms with Crippen molar-refractivity contribution in [2.24, 2.45) is 0 Å². The van der Waals surface area contributed by atoms with Gasteiger partial charge in [-0.3, -0.25) is 4.79 Å². The minimum absolute atomic E-state index is 0.0324. The lowest BCUT2D eigenvalue weighted by Crippen LogP contribution is -2.30. The number of carbonyl (C=O) groups excluding carboxylic acids is 1. The molecule has 2 N–H and O–H groups in total. The molecule has 4 nitrogen and oxygen atoms in total. The number of carbonyl (C=O) groups is 1. The monoisotopic (exact) mass is 205 g/mol. The molecule has 0 aliphatic carbocycles. The van der Waals surface area contributed by atoms with Crippen molar-refractivity contribution in [3.63, 3.8) is 0 Å². The molecule has 15 heavy (non-hydrogen) atoms. The lowest BCUT2D eigenvalue weighted by molar-refractivity contribution is 0.0787. The smallest absolute Gasteiger partial charge is 0.423 e. The van der Waals surface area contributed by atoms with Crippen LogP contribution in [0.15, 0.2) is 18.2 Å². The molecule has 1 amide bonds. The molecule has 0 saturated heterocycles. The quantitative estimate of drug-likeness (QED) is 0.630. The zero-order valence-electron chi connectivity index (χ0n) is 8.47. The third-order valence-electron chi connectivity index (χ3n) is 2.69. The Morgan fingerprint density at radius 3 is 2.80 bits per heavy atom. The van der Waals surface area contributed by atoms with E-state index >= 15 is 0 Å². The first-order chi connectivity index (χ1) is 7.13. The van der Waals surface area contributed by atoms with Gasteiger partial charge in [-0.25, -0.2) is 0 Å². The predicted octanol–water partition coefficient (Wildman–Crippen LogP) is -0.658. The fourth-order valence-electron chi connectivity index (χ4n) is 1.79. The van der Waals surface area contributed by atoms with Gasteiger partial charge < -0.3 is 14.9 Å². The number of nitrogens with zero attached hydrogens (tertiary/aromatic N) is 1. The maximum absolute atomic E-state index is 11.8. The van der Waals surface area contributed by atoms with E-state index in [9.17, 15) is 4.79 Å². The molecule has 0 bridgehead atoms. The van der Waals surface area contributed by atoms with Crippen LogP contribution in [-0.2, 0) is 6.54 Å². The highest BCUT2D eigenvalue weighted by atomic mass is 16.4. The molecular formula is C10H12BNO3. The molecule has 0 unspecified atom stereocenters. The second-order valence-electron chi connectivity index (χ2n) is 3.61. The maximum atomic E-state index is 11.8. The van der Waals surface area contributed by atoms with Gasteiger partial charge in [-0.15, -0.1) is 0 Å². The third-order valence-corrected chi connectivity index (χ3v) is 2.69. The second kappa shape index (κ2) is 3.68. The fraction of sp³-hybridized carbons (Fsp3) is 0.300.